The summed E-state index contributed by atoms with van der Waals surface area (Å²) in [5, 5.41) is 9.54. The topological polar surface area (TPSA) is 59.4 Å². The molecule has 0 spiro atoms. The van der Waals surface area contributed by atoms with Gasteiger partial charge in [-0.3, -0.25) is 0 Å². The van der Waals surface area contributed by atoms with Gasteiger partial charge in [0.25, 0.3) is 0 Å². The summed E-state index contributed by atoms with van der Waals surface area (Å²) in [6.07, 6.45) is 3.10. The number of carboxylic acid groups (broad SMARTS) is 1. The van der Waals surface area contributed by atoms with E-state index in [0.29, 0.717) is 53.7 Å². The first-order valence-corrected chi connectivity index (χ1v) is 10.3. The van der Waals surface area contributed by atoms with Crippen molar-refractivity contribution in [3.05, 3.63) is 93.1 Å². The number of hydrogen-bond acceptors (Lipinski definition) is 3. The van der Waals surface area contributed by atoms with Crippen LogP contribution in [0.2, 0.25) is 5.02 Å². The van der Waals surface area contributed by atoms with E-state index in [1.54, 1.807) is 6.07 Å². The van der Waals surface area contributed by atoms with Crippen molar-refractivity contribution in [2.75, 3.05) is 0 Å². The van der Waals surface area contributed by atoms with Gasteiger partial charge >= 0.3 is 35.5 Å². The number of halogens is 5. The molecule has 0 aliphatic heterocycles. The Labute approximate surface area is 219 Å². The van der Waals surface area contributed by atoms with Gasteiger partial charge in [-0.15, -0.1) is 0 Å². The van der Waals surface area contributed by atoms with Crippen molar-refractivity contribution in [2.24, 2.45) is 0 Å². The molecule has 1 aliphatic rings. The summed E-state index contributed by atoms with van der Waals surface area (Å²) >= 11 is 6.13. The standard InChI is InChI=1S/C24H16ClF4NO3.Na.H/c25-14-7-19(23(30-10-14)33-11-20-21(28)8-16(27)9-22(20)29)18-3-1-2-17(18)12-4-13(24(31)32)6-15(26)5-12;;/h4-10H,1-3,11H2,(H,31,32);;. The van der Waals surface area contributed by atoms with Crippen LogP contribution in [0.25, 0.3) is 11.1 Å². The number of aromatic carboxylic acids is 1. The molecule has 0 saturated carbocycles. The molecule has 4 rings (SSSR count). The van der Waals surface area contributed by atoms with Gasteiger partial charge in [0.05, 0.1) is 16.1 Å². The van der Waals surface area contributed by atoms with E-state index in [-0.39, 0.29) is 46.0 Å². The first-order chi connectivity index (χ1) is 15.7. The third kappa shape index (κ3) is 5.63. The number of carboxylic acids is 1. The molecular weight excluding hydrogens is 485 g/mol. The Morgan fingerprint density at radius 2 is 1.62 bits per heavy atom. The predicted octanol–water partition coefficient (Wildman–Crippen LogP) is 6.01. The van der Waals surface area contributed by atoms with Crippen molar-refractivity contribution in [3.63, 3.8) is 0 Å². The summed E-state index contributed by atoms with van der Waals surface area (Å²) in [7, 11) is 0. The van der Waals surface area contributed by atoms with Crippen LogP contribution in [-0.2, 0) is 6.61 Å². The molecule has 4 nitrogen and oxygen atoms in total. The molecule has 0 fully saturated rings. The first kappa shape index (κ1) is 26.2. The van der Waals surface area contributed by atoms with Crippen LogP contribution in [0.1, 0.15) is 46.3 Å². The van der Waals surface area contributed by atoms with Gasteiger partial charge in [0.1, 0.15) is 29.9 Å². The zero-order valence-electron chi connectivity index (χ0n) is 17.0. The average Bonchev–Trinajstić information content (AvgIpc) is 3.23. The molecular formula is C24H17ClF4NNaO3. The summed E-state index contributed by atoms with van der Waals surface area (Å²) in [5.41, 5.74) is 1.61. The third-order valence-electron chi connectivity index (χ3n) is 5.31. The Kier molecular flexibility index (Phi) is 8.41. The first-order valence-electron chi connectivity index (χ1n) is 9.91. The zero-order valence-corrected chi connectivity index (χ0v) is 17.7. The maximum atomic E-state index is 14.1. The number of carbonyl (C=O) groups is 1. The van der Waals surface area contributed by atoms with Gasteiger partial charge in [-0.25, -0.2) is 27.3 Å². The number of benzene rings is 2. The second-order valence-electron chi connectivity index (χ2n) is 7.49. The zero-order chi connectivity index (χ0) is 23.7. The number of aromatic nitrogens is 1. The van der Waals surface area contributed by atoms with Gasteiger partial charge < -0.3 is 9.84 Å². The number of hydrogen-bond donors (Lipinski definition) is 1. The van der Waals surface area contributed by atoms with Gasteiger partial charge in [-0.1, -0.05) is 11.6 Å². The summed E-state index contributed by atoms with van der Waals surface area (Å²) in [5.74, 6) is -5.14. The monoisotopic (exact) mass is 501 g/mol. The molecule has 1 heterocycles. The third-order valence-corrected chi connectivity index (χ3v) is 5.52. The quantitative estimate of drug-likeness (QED) is 0.332. The SMILES string of the molecule is O=C(O)c1cc(F)cc(C2=C(c3cc(Cl)cnc3OCc3c(F)cc(F)cc3F)CCC2)c1.[NaH]. The van der Waals surface area contributed by atoms with Crippen LogP contribution >= 0.6 is 11.6 Å². The van der Waals surface area contributed by atoms with Crippen molar-refractivity contribution in [1.29, 1.82) is 0 Å². The molecule has 10 heteroatoms. The summed E-state index contributed by atoms with van der Waals surface area (Å²) in [6, 6.07) is 6.24. The van der Waals surface area contributed by atoms with E-state index >= 15 is 0 Å². The fraction of sp³-hybridized carbons (Fsp3) is 0.167. The molecule has 0 amide bonds. The van der Waals surface area contributed by atoms with E-state index in [1.807, 2.05) is 0 Å². The van der Waals surface area contributed by atoms with Crippen molar-refractivity contribution < 1.29 is 32.2 Å². The minimum absolute atomic E-state index is 0. The van der Waals surface area contributed by atoms with Crippen molar-refractivity contribution in [3.8, 4) is 5.88 Å². The van der Waals surface area contributed by atoms with E-state index < -0.39 is 41.4 Å². The van der Waals surface area contributed by atoms with Crippen LogP contribution in [0, 0.1) is 23.3 Å². The van der Waals surface area contributed by atoms with Crippen LogP contribution in [0.4, 0.5) is 17.6 Å². The van der Waals surface area contributed by atoms with Gasteiger partial charge in [0.2, 0.25) is 5.88 Å². The Bertz CT molecular complexity index is 1280. The summed E-state index contributed by atoms with van der Waals surface area (Å²) in [6.45, 7) is -0.550. The number of rotatable bonds is 6. The van der Waals surface area contributed by atoms with Crippen LogP contribution in [-0.4, -0.2) is 45.6 Å². The molecule has 0 atom stereocenters. The molecule has 1 aliphatic carbocycles. The Morgan fingerprint density at radius 1 is 0.971 bits per heavy atom. The number of pyridine rings is 1. The van der Waals surface area contributed by atoms with E-state index in [9.17, 15) is 27.5 Å². The number of allylic oxidation sites excluding steroid dienone is 2. The second kappa shape index (κ2) is 10.9. The fourth-order valence-corrected chi connectivity index (χ4v) is 4.01. The molecule has 2 aromatic carbocycles. The van der Waals surface area contributed by atoms with E-state index in [1.165, 1.54) is 18.3 Å². The molecule has 3 aromatic rings. The normalized spacial score (nSPS) is 13.1. The van der Waals surface area contributed by atoms with E-state index in [4.69, 9.17) is 16.3 Å². The van der Waals surface area contributed by atoms with Crippen molar-refractivity contribution >= 4 is 58.3 Å². The minimum atomic E-state index is -1.26. The molecule has 1 aromatic heterocycles. The Morgan fingerprint density at radius 3 is 2.29 bits per heavy atom. The van der Waals surface area contributed by atoms with Crippen LogP contribution in [0.5, 0.6) is 5.88 Å². The van der Waals surface area contributed by atoms with Gasteiger partial charge in [0.15, 0.2) is 0 Å². The van der Waals surface area contributed by atoms with E-state index in [0.717, 1.165) is 6.07 Å². The van der Waals surface area contributed by atoms with Gasteiger partial charge in [0, 0.05) is 23.9 Å². The van der Waals surface area contributed by atoms with Crippen LogP contribution in [0.15, 0.2) is 42.6 Å². The van der Waals surface area contributed by atoms with Gasteiger partial charge in [-0.05, 0) is 60.2 Å². The Balaban J connectivity index is 0.00000324. The molecule has 172 valence electrons. The van der Waals surface area contributed by atoms with Crippen LogP contribution in [0.3, 0.4) is 0 Å². The molecule has 0 radical (unpaired) electrons. The van der Waals surface area contributed by atoms with Crippen molar-refractivity contribution in [1.82, 2.24) is 4.98 Å². The van der Waals surface area contributed by atoms with E-state index in [2.05, 4.69) is 4.98 Å². The number of ether oxygens (including phenoxy) is 1. The summed E-state index contributed by atoms with van der Waals surface area (Å²) in [4.78, 5) is 15.5. The predicted molar refractivity (Wildman–Crippen MR) is 121 cm³/mol. The molecule has 0 saturated heterocycles. The molecule has 34 heavy (non-hydrogen) atoms. The second-order valence-corrected chi connectivity index (χ2v) is 7.92. The number of nitrogens with zero attached hydrogens (tertiary/aromatic N) is 1. The molecule has 1 N–H and O–H groups in total. The summed E-state index contributed by atoms with van der Waals surface area (Å²) < 4.78 is 60.9. The average molecular weight is 502 g/mol. The molecule has 0 bridgehead atoms. The van der Waals surface area contributed by atoms with Gasteiger partial charge in [-0.2, -0.15) is 0 Å². The maximum absolute atomic E-state index is 14.1. The molecule has 0 unspecified atom stereocenters. The Hall–Kier alpha value is -2.39. The fourth-order valence-electron chi connectivity index (χ4n) is 3.86. The van der Waals surface area contributed by atoms with Crippen LogP contribution < -0.4 is 4.74 Å². The van der Waals surface area contributed by atoms with Crippen molar-refractivity contribution in [2.45, 2.75) is 25.9 Å².